The lowest BCUT2D eigenvalue weighted by atomic mass is 10.1. The summed E-state index contributed by atoms with van der Waals surface area (Å²) in [6.45, 7) is 0.208. The summed E-state index contributed by atoms with van der Waals surface area (Å²) in [5.74, 6) is -1.48. The predicted molar refractivity (Wildman–Crippen MR) is 72.1 cm³/mol. The fourth-order valence-corrected chi connectivity index (χ4v) is 3.16. The summed E-state index contributed by atoms with van der Waals surface area (Å²) in [5, 5.41) is 8.59. The second kappa shape index (κ2) is 6.23. The number of aliphatic carboxylic acids is 1. The lowest BCUT2D eigenvalue weighted by Crippen LogP contribution is -2.37. The van der Waals surface area contributed by atoms with E-state index in [1.807, 2.05) is 0 Å². The van der Waals surface area contributed by atoms with Gasteiger partial charge in [-0.2, -0.15) is 4.72 Å². The highest BCUT2D eigenvalue weighted by Crippen LogP contribution is 2.15. The molecule has 0 aliphatic carbocycles. The van der Waals surface area contributed by atoms with Gasteiger partial charge in [0.2, 0.25) is 10.0 Å². The van der Waals surface area contributed by atoms with Crippen LogP contribution in [0.2, 0.25) is 0 Å². The Hall–Kier alpha value is -1.93. The summed E-state index contributed by atoms with van der Waals surface area (Å²) in [6.07, 6.45) is 0.630. The molecule has 1 heterocycles. The second-order valence-electron chi connectivity index (χ2n) is 4.67. The topological polar surface area (TPSA) is 110 Å². The number of rotatable bonds is 6. The van der Waals surface area contributed by atoms with E-state index in [-0.39, 0.29) is 17.9 Å². The highest BCUT2D eigenvalue weighted by atomic mass is 32.2. The first-order valence-corrected chi connectivity index (χ1v) is 7.86. The number of cyclic esters (lactones) is 1. The van der Waals surface area contributed by atoms with Gasteiger partial charge in [-0.3, -0.25) is 9.59 Å². The summed E-state index contributed by atoms with van der Waals surface area (Å²) in [4.78, 5) is 21.8. The zero-order valence-corrected chi connectivity index (χ0v) is 11.9. The summed E-state index contributed by atoms with van der Waals surface area (Å²) in [7, 11) is -3.79. The number of carboxylic acid groups (broad SMARTS) is 1. The molecule has 114 valence electrons. The highest BCUT2D eigenvalue weighted by Gasteiger charge is 2.31. The van der Waals surface area contributed by atoms with Gasteiger partial charge >= 0.3 is 11.9 Å². The molecule has 0 radical (unpaired) electrons. The van der Waals surface area contributed by atoms with E-state index in [1.54, 1.807) is 12.1 Å². The Balaban J connectivity index is 2.06. The van der Waals surface area contributed by atoms with Gasteiger partial charge in [-0.25, -0.2) is 8.42 Å². The lowest BCUT2D eigenvalue weighted by Gasteiger charge is -2.10. The molecule has 7 nitrogen and oxygen atoms in total. The van der Waals surface area contributed by atoms with Gasteiger partial charge in [0, 0.05) is 12.8 Å². The first-order valence-electron chi connectivity index (χ1n) is 6.38. The molecule has 2 N–H and O–H groups in total. The number of hydrogen-bond acceptors (Lipinski definition) is 5. The number of carbonyl (C=O) groups excluding carboxylic acids is 1. The second-order valence-corrected chi connectivity index (χ2v) is 6.38. The Kier molecular flexibility index (Phi) is 4.59. The summed E-state index contributed by atoms with van der Waals surface area (Å²) >= 11 is 0. The van der Waals surface area contributed by atoms with Gasteiger partial charge in [-0.1, -0.05) is 12.1 Å². The number of aryl methyl sites for hydroxylation is 1. The predicted octanol–water partition coefficient (Wildman–Crippen LogP) is 0.298. The standard InChI is InChI=1S/C13H15NO6S/c15-12(16)6-3-9-1-4-10(5-2-9)21(18,19)14-11-7-8-20-13(11)17/h1-2,4-5,11,14H,3,6-8H2,(H,15,16). The van der Waals surface area contributed by atoms with Crippen LogP contribution in [0.25, 0.3) is 0 Å². The van der Waals surface area contributed by atoms with Crippen molar-refractivity contribution in [2.24, 2.45) is 0 Å². The molecule has 1 aliphatic rings. The van der Waals surface area contributed by atoms with Gasteiger partial charge < -0.3 is 9.84 Å². The van der Waals surface area contributed by atoms with Crippen molar-refractivity contribution in [3.8, 4) is 0 Å². The molecule has 0 saturated carbocycles. The monoisotopic (exact) mass is 313 g/mol. The number of benzene rings is 1. The smallest absolute Gasteiger partial charge is 0.324 e. The van der Waals surface area contributed by atoms with Crippen molar-refractivity contribution in [2.75, 3.05) is 6.61 Å². The van der Waals surface area contributed by atoms with Crippen LogP contribution in [0.4, 0.5) is 0 Å². The largest absolute Gasteiger partial charge is 0.481 e. The Bertz CT molecular complexity index is 637. The molecule has 21 heavy (non-hydrogen) atoms. The third kappa shape index (κ3) is 4.02. The number of carbonyl (C=O) groups is 2. The summed E-state index contributed by atoms with van der Waals surface area (Å²) < 4.78 is 31.2. The van der Waals surface area contributed by atoms with E-state index in [9.17, 15) is 18.0 Å². The van der Waals surface area contributed by atoms with Crippen LogP contribution in [0, 0.1) is 0 Å². The van der Waals surface area contributed by atoms with E-state index >= 15 is 0 Å². The number of nitrogens with one attached hydrogen (secondary N) is 1. The molecule has 1 aromatic carbocycles. The number of hydrogen-bond donors (Lipinski definition) is 2. The van der Waals surface area contributed by atoms with E-state index in [0.717, 1.165) is 5.56 Å². The minimum absolute atomic E-state index is 0.0156. The highest BCUT2D eigenvalue weighted by molar-refractivity contribution is 7.89. The van der Waals surface area contributed by atoms with Crippen LogP contribution in [-0.2, 0) is 30.8 Å². The van der Waals surface area contributed by atoms with Crippen LogP contribution in [-0.4, -0.2) is 38.1 Å². The fourth-order valence-electron chi connectivity index (χ4n) is 1.94. The van der Waals surface area contributed by atoms with Crippen LogP contribution in [0.15, 0.2) is 29.2 Å². The van der Waals surface area contributed by atoms with E-state index in [0.29, 0.717) is 12.8 Å². The zero-order chi connectivity index (χ0) is 15.5. The molecule has 1 saturated heterocycles. The number of ether oxygens (including phenoxy) is 1. The number of carboxylic acids is 1. The van der Waals surface area contributed by atoms with Crippen molar-refractivity contribution < 1.29 is 27.9 Å². The quantitative estimate of drug-likeness (QED) is 0.731. The van der Waals surface area contributed by atoms with Gasteiger partial charge in [0.1, 0.15) is 6.04 Å². The van der Waals surface area contributed by atoms with E-state index in [2.05, 4.69) is 4.72 Å². The maximum atomic E-state index is 12.1. The number of esters is 1. The molecule has 1 fully saturated rings. The normalized spacial score (nSPS) is 18.5. The molecule has 1 atom stereocenters. The maximum absolute atomic E-state index is 12.1. The van der Waals surface area contributed by atoms with Crippen LogP contribution < -0.4 is 4.72 Å². The molecular weight excluding hydrogens is 298 g/mol. The number of sulfonamides is 1. The van der Waals surface area contributed by atoms with Gasteiger partial charge in [0.05, 0.1) is 11.5 Å². The first-order chi connectivity index (χ1) is 9.88. The van der Waals surface area contributed by atoms with Crippen molar-refractivity contribution in [2.45, 2.75) is 30.2 Å². The molecule has 8 heteroatoms. The maximum Gasteiger partial charge on any atom is 0.324 e. The molecule has 0 amide bonds. The minimum atomic E-state index is -3.79. The zero-order valence-electron chi connectivity index (χ0n) is 11.1. The molecule has 1 unspecified atom stereocenters. The Morgan fingerprint density at radius 2 is 2.00 bits per heavy atom. The lowest BCUT2D eigenvalue weighted by molar-refractivity contribution is -0.139. The van der Waals surface area contributed by atoms with Crippen LogP contribution >= 0.6 is 0 Å². The SMILES string of the molecule is O=C(O)CCc1ccc(S(=O)(=O)NC2CCOC2=O)cc1. The molecule has 0 spiro atoms. The molecule has 1 aliphatic heterocycles. The van der Waals surface area contributed by atoms with Crippen molar-refractivity contribution in [3.63, 3.8) is 0 Å². The van der Waals surface area contributed by atoms with Gasteiger partial charge in [0.25, 0.3) is 0 Å². The minimum Gasteiger partial charge on any atom is -0.481 e. The average Bonchev–Trinajstić information content (AvgIpc) is 2.82. The average molecular weight is 313 g/mol. The molecular formula is C13H15NO6S. The van der Waals surface area contributed by atoms with Crippen LogP contribution in [0.1, 0.15) is 18.4 Å². The first kappa shape index (κ1) is 15.5. The van der Waals surface area contributed by atoms with Crippen molar-refractivity contribution in [1.29, 1.82) is 0 Å². The van der Waals surface area contributed by atoms with E-state index in [4.69, 9.17) is 9.84 Å². The Morgan fingerprint density at radius 3 is 2.52 bits per heavy atom. The van der Waals surface area contributed by atoms with Crippen molar-refractivity contribution in [3.05, 3.63) is 29.8 Å². The van der Waals surface area contributed by atoms with Gasteiger partial charge in [-0.15, -0.1) is 0 Å². The third-order valence-corrected chi connectivity index (χ3v) is 4.58. The molecule has 0 bridgehead atoms. The summed E-state index contributed by atoms with van der Waals surface area (Å²) in [6, 6.07) is 5.05. The Labute approximate surface area is 122 Å². The molecule has 0 aromatic heterocycles. The van der Waals surface area contributed by atoms with E-state index in [1.165, 1.54) is 12.1 Å². The molecule has 1 aromatic rings. The van der Waals surface area contributed by atoms with Crippen molar-refractivity contribution in [1.82, 2.24) is 4.72 Å². The van der Waals surface area contributed by atoms with Gasteiger partial charge in [0.15, 0.2) is 0 Å². The fraction of sp³-hybridized carbons (Fsp3) is 0.385. The van der Waals surface area contributed by atoms with Gasteiger partial charge in [-0.05, 0) is 24.1 Å². The van der Waals surface area contributed by atoms with Crippen LogP contribution in [0.3, 0.4) is 0 Å². The molecule has 2 rings (SSSR count). The third-order valence-electron chi connectivity index (χ3n) is 3.09. The van der Waals surface area contributed by atoms with Crippen molar-refractivity contribution >= 4 is 22.0 Å². The summed E-state index contributed by atoms with van der Waals surface area (Å²) in [5.41, 5.74) is 0.733. The Morgan fingerprint density at radius 1 is 1.33 bits per heavy atom. The van der Waals surface area contributed by atoms with E-state index < -0.39 is 28.0 Å². The van der Waals surface area contributed by atoms with Crippen LogP contribution in [0.5, 0.6) is 0 Å².